The minimum atomic E-state index is 0.447. The molecular weight excluding hydrogens is 280 g/mol. The van der Waals surface area contributed by atoms with E-state index in [0.717, 1.165) is 10.6 Å². The summed E-state index contributed by atoms with van der Waals surface area (Å²) in [7, 11) is 0. The summed E-state index contributed by atoms with van der Waals surface area (Å²) in [6, 6.07) is 7.67. The highest BCUT2D eigenvalue weighted by molar-refractivity contribution is 7.71. The molecule has 19 heavy (non-hydrogen) atoms. The maximum absolute atomic E-state index is 5.43. The van der Waals surface area contributed by atoms with Gasteiger partial charge in [-0.15, -0.1) is 11.3 Å². The molecule has 0 spiro atoms. The number of aromatic nitrogens is 3. The fourth-order valence-corrected chi connectivity index (χ4v) is 2.48. The molecule has 0 aliphatic heterocycles. The molecule has 0 saturated carbocycles. The van der Waals surface area contributed by atoms with Crippen LogP contribution in [-0.4, -0.2) is 21.1 Å². The molecule has 1 N–H and O–H groups in total. The number of furan rings is 1. The number of thiophene rings is 1. The van der Waals surface area contributed by atoms with Crippen molar-refractivity contribution in [3.63, 3.8) is 0 Å². The highest BCUT2D eigenvalue weighted by Crippen LogP contribution is 2.22. The fraction of sp³-hybridized carbons (Fsp3) is 0.0833. The first-order chi connectivity index (χ1) is 9.24. The van der Waals surface area contributed by atoms with Gasteiger partial charge >= 0.3 is 0 Å². The van der Waals surface area contributed by atoms with Crippen LogP contribution in [0, 0.1) is 11.7 Å². The zero-order valence-electron chi connectivity index (χ0n) is 10.0. The van der Waals surface area contributed by atoms with Gasteiger partial charge in [-0.25, -0.2) is 5.10 Å². The Hall–Kier alpha value is -1.99. The molecule has 0 atom stereocenters. The van der Waals surface area contributed by atoms with Crippen molar-refractivity contribution in [2.75, 3.05) is 0 Å². The Bertz CT molecular complexity index is 764. The van der Waals surface area contributed by atoms with Gasteiger partial charge < -0.3 is 4.42 Å². The molecule has 3 rings (SSSR count). The van der Waals surface area contributed by atoms with E-state index < -0.39 is 0 Å². The summed E-state index contributed by atoms with van der Waals surface area (Å²) in [5, 5.41) is 13.2. The maximum atomic E-state index is 5.43. The lowest BCUT2D eigenvalue weighted by atomic mass is 10.4. The first-order valence-electron chi connectivity index (χ1n) is 5.56. The van der Waals surface area contributed by atoms with E-state index in [-0.39, 0.29) is 0 Å². The molecule has 7 heteroatoms. The topological polar surface area (TPSA) is 59.1 Å². The van der Waals surface area contributed by atoms with Crippen molar-refractivity contribution >= 4 is 29.8 Å². The molecule has 3 heterocycles. The number of aromatic amines is 1. The Morgan fingerprint density at radius 3 is 3.05 bits per heavy atom. The zero-order valence-corrected chi connectivity index (χ0v) is 11.7. The molecule has 0 amide bonds. The first-order valence-corrected chi connectivity index (χ1v) is 6.85. The van der Waals surface area contributed by atoms with E-state index in [1.165, 1.54) is 0 Å². The Labute approximate surface area is 118 Å². The van der Waals surface area contributed by atoms with Crippen LogP contribution in [0.3, 0.4) is 0 Å². The molecule has 0 aliphatic rings. The first kappa shape index (κ1) is 12.1. The minimum absolute atomic E-state index is 0.447. The van der Waals surface area contributed by atoms with Crippen LogP contribution in [0.2, 0.25) is 0 Å². The molecule has 5 nitrogen and oxygen atoms in total. The van der Waals surface area contributed by atoms with E-state index >= 15 is 0 Å². The average Bonchev–Trinajstić information content (AvgIpc) is 3.08. The van der Waals surface area contributed by atoms with Gasteiger partial charge in [0.1, 0.15) is 11.5 Å². The van der Waals surface area contributed by atoms with Crippen LogP contribution >= 0.6 is 23.6 Å². The highest BCUT2D eigenvalue weighted by Gasteiger charge is 2.08. The molecule has 0 bridgehead atoms. The number of rotatable bonds is 3. The molecule has 0 aromatic carbocycles. The lowest BCUT2D eigenvalue weighted by Crippen LogP contribution is -1.93. The van der Waals surface area contributed by atoms with Gasteiger partial charge in [-0.1, -0.05) is 6.07 Å². The molecular formula is C12H10N4OS2. The van der Waals surface area contributed by atoms with Crippen LogP contribution < -0.4 is 0 Å². The van der Waals surface area contributed by atoms with Gasteiger partial charge in [0.2, 0.25) is 4.77 Å². The normalized spacial score (nSPS) is 11.4. The average molecular weight is 290 g/mol. The third kappa shape index (κ3) is 2.42. The van der Waals surface area contributed by atoms with Crippen molar-refractivity contribution in [3.05, 3.63) is 45.9 Å². The molecule has 0 unspecified atom stereocenters. The summed E-state index contributed by atoms with van der Waals surface area (Å²) in [5.74, 6) is 2.22. The summed E-state index contributed by atoms with van der Waals surface area (Å²) in [5.41, 5.74) is 0. The van der Waals surface area contributed by atoms with Crippen molar-refractivity contribution < 1.29 is 4.42 Å². The molecule has 3 aromatic rings. The van der Waals surface area contributed by atoms with Crippen LogP contribution in [0.15, 0.2) is 39.2 Å². The van der Waals surface area contributed by atoms with Crippen LogP contribution in [0.5, 0.6) is 0 Å². The van der Waals surface area contributed by atoms with Gasteiger partial charge in [0, 0.05) is 0 Å². The SMILES string of the molecule is Cc1ccc(/C=N/n2c(-c3cccs3)n[nH]c2=S)o1. The monoisotopic (exact) mass is 290 g/mol. The van der Waals surface area contributed by atoms with Gasteiger partial charge in [-0.05, 0) is 42.7 Å². The minimum Gasteiger partial charge on any atom is -0.460 e. The van der Waals surface area contributed by atoms with Crippen LogP contribution in [0.1, 0.15) is 11.5 Å². The van der Waals surface area contributed by atoms with Crippen molar-refractivity contribution in [2.45, 2.75) is 6.92 Å². The number of hydrogen-bond acceptors (Lipinski definition) is 5. The lowest BCUT2D eigenvalue weighted by molar-refractivity contribution is 0.527. The van der Waals surface area contributed by atoms with Crippen LogP contribution in [0.25, 0.3) is 10.7 Å². The highest BCUT2D eigenvalue weighted by atomic mass is 32.1. The van der Waals surface area contributed by atoms with E-state index in [9.17, 15) is 0 Å². The fourth-order valence-electron chi connectivity index (χ4n) is 1.60. The summed E-state index contributed by atoms with van der Waals surface area (Å²) in [4.78, 5) is 1.00. The lowest BCUT2D eigenvalue weighted by Gasteiger charge is -1.96. The number of nitrogens with one attached hydrogen (secondary N) is 1. The molecule has 0 aliphatic carbocycles. The molecule has 0 saturated heterocycles. The second-order valence-corrected chi connectivity index (χ2v) is 5.17. The predicted molar refractivity (Wildman–Crippen MR) is 77.2 cm³/mol. The van der Waals surface area contributed by atoms with Crippen LogP contribution in [-0.2, 0) is 0 Å². The second kappa shape index (κ2) is 4.94. The molecule has 3 aromatic heterocycles. The predicted octanol–water partition coefficient (Wildman–Crippen LogP) is 3.45. The number of nitrogens with zero attached hydrogens (tertiary/aromatic N) is 3. The maximum Gasteiger partial charge on any atom is 0.216 e. The van der Waals surface area contributed by atoms with Crippen molar-refractivity contribution in [1.82, 2.24) is 14.9 Å². The summed E-state index contributed by atoms with van der Waals surface area (Å²) < 4.78 is 7.46. The van der Waals surface area contributed by atoms with Gasteiger partial charge in [0.15, 0.2) is 5.82 Å². The third-order valence-corrected chi connectivity index (χ3v) is 3.58. The van der Waals surface area contributed by atoms with E-state index in [0.29, 0.717) is 16.4 Å². The standard InChI is InChI=1S/C12H10N4OS2/c1-8-4-5-9(17-8)7-13-16-11(14-15-12(16)18)10-3-2-6-19-10/h2-7H,1H3,(H,15,18)/b13-7+. The van der Waals surface area contributed by atoms with Gasteiger partial charge in [-0.2, -0.15) is 14.9 Å². The number of H-pyrrole nitrogens is 1. The summed E-state index contributed by atoms with van der Waals surface area (Å²) >= 11 is 6.75. The number of hydrogen-bond donors (Lipinski definition) is 1. The Kier molecular flexibility index (Phi) is 3.14. The Morgan fingerprint density at radius 2 is 2.37 bits per heavy atom. The van der Waals surface area contributed by atoms with Gasteiger partial charge in [-0.3, -0.25) is 0 Å². The third-order valence-electron chi connectivity index (χ3n) is 2.45. The molecule has 0 fully saturated rings. The van der Waals surface area contributed by atoms with Crippen molar-refractivity contribution in [3.8, 4) is 10.7 Å². The second-order valence-electron chi connectivity index (χ2n) is 3.83. The Morgan fingerprint density at radius 1 is 1.47 bits per heavy atom. The van der Waals surface area contributed by atoms with E-state index in [1.807, 2.05) is 36.6 Å². The van der Waals surface area contributed by atoms with E-state index in [1.54, 1.807) is 22.2 Å². The quantitative estimate of drug-likeness (QED) is 0.593. The van der Waals surface area contributed by atoms with Gasteiger partial charge in [0.25, 0.3) is 0 Å². The van der Waals surface area contributed by atoms with E-state index in [4.69, 9.17) is 16.6 Å². The molecule has 96 valence electrons. The largest absolute Gasteiger partial charge is 0.460 e. The van der Waals surface area contributed by atoms with Crippen molar-refractivity contribution in [2.24, 2.45) is 5.10 Å². The molecule has 0 radical (unpaired) electrons. The zero-order chi connectivity index (χ0) is 13.2. The van der Waals surface area contributed by atoms with Crippen LogP contribution in [0.4, 0.5) is 0 Å². The van der Waals surface area contributed by atoms with E-state index in [2.05, 4.69) is 15.3 Å². The summed E-state index contributed by atoms with van der Waals surface area (Å²) in [6.07, 6.45) is 1.62. The van der Waals surface area contributed by atoms with Gasteiger partial charge in [0.05, 0.1) is 11.1 Å². The number of aryl methyl sites for hydroxylation is 1. The Balaban J connectivity index is 1.99. The smallest absolute Gasteiger partial charge is 0.216 e. The summed E-state index contributed by atoms with van der Waals surface area (Å²) in [6.45, 7) is 1.89. The van der Waals surface area contributed by atoms with Crippen molar-refractivity contribution in [1.29, 1.82) is 0 Å².